The number of nitrogens with one attached hydrogen (secondary N) is 1. The van der Waals surface area contributed by atoms with Gasteiger partial charge in [0, 0.05) is 4.90 Å². The summed E-state index contributed by atoms with van der Waals surface area (Å²) in [5.41, 5.74) is 2.82. The summed E-state index contributed by atoms with van der Waals surface area (Å²) in [7, 11) is 0. The van der Waals surface area contributed by atoms with Crippen LogP contribution in [-0.2, 0) is 4.79 Å². The lowest BCUT2D eigenvalue weighted by molar-refractivity contribution is -0.119. The molecule has 0 aliphatic rings. The standard InChI is InChI=1S/C23H21F2NO2S/c1-16-7-5-6-10-20(16)29-15-21(27)26-22(17-8-3-2-4-9-17)18-11-13-19(14-12-18)28-23(24)25/h2-14,22-23H,15H2,1H3,(H,26,27). The first-order valence-electron chi connectivity index (χ1n) is 9.10. The number of thioether (sulfide) groups is 1. The Balaban J connectivity index is 1.74. The van der Waals surface area contributed by atoms with Gasteiger partial charge in [0.1, 0.15) is 5.75 Å². The molecule has 3 rings (SSSR count). The molecular weight excluding hydrogens is 392 g/mol. The van der Waals surface area contributed by atoms with Crippen molar-refractivity contribution >= 4 is 17.7 Å². The minimum absolute atomic E-state index is 0.0806. The number of benzene rings is 3. The summed E-state index contributed by atoms with van der Waals surface area (Å²) in [5.74, 6) is 0.248. The second-order valence-electron chi connectivity index (χ2n) is 6.41. The largest absolute Gasteiger partial charge is 0.435 e. The second kappa shape index (κ2) is 10.1. The highest BCUT2D eigenvalue weighted by Crippen LogP contribution is 2.26. The molecule has 0 aliphatic carbocycles. The Hall–Kier alpha value is -2.86. The lowest BCUT2D eigenvalue weighted by atomic mass is 9.98. The van der Waals surface area contributed by atoms with Crippen LogP contribution >= 0.6 is 11.8 Å². The molecule has 0 bridgehead atoms. The lowest BCUT2D eigenvalue weighted by Gasteiger charge is -2.20. The number of alkyl halides is 2. The number of hydrogen-bond acceptors (Lipinski definition) is 3. The summed E-state index contributed by atoms with van der Waals surface area (Å²) in [4.78, 5) is 13.7. The highest BCUT2D eigenvalue weighted by molar-refractivity contribution is 8.00. The number of halogens is 2. The third kappa shape index (κ3) is 6.06. The van der Waals surface area contributed by atoms with E-state index in [2.05, 4.69) is 10.1 Å². The molecule has 0 radical (unpaired) electrons. The third-order valence-electron chi connectivity index (χ3n) is 4.33. The van der Waals surface area contributed by atoms with Gasteiger partial charge >= 0.3 is 6.61 Å². The molecule has 1 unspecified atom stereocenters. The fourth-order valence-electron chi connectivity index (χ4n) is 2.91. The highest BCUT2D eigenvalue weighted by atomic mass is 32.2. The normalized spacial score (nSPS) is 11.9. The summed E-state index contributed by atoms with van der Waals surface area (Å²) in [6.45, 7) is -0.861. The Morgan fingerprint density at radius 3 is 2.21 bits per heavy atom. The van der Waals surface area contributed by atoms with Crippen LogP contribution in [0.5, 0.6) is 5.75 Å². The molecule has 0 saturated carbocycles. The molecule has 1 atom stereocenters. The molecule has 0 spiro atoms. The van der Waals surface area contributed by atoms with E-state index in [1.54, 1.807) is 12.1 Å². The van der Waals surface area contributed by atoms with Gasteiger partial charge in [-0.3, -0.25) is 4.79 Å². The maximum Gasteiger partial charge on any atom is 0.387 e. The van der Waals surface area contributed by atoms with Crippen molar-refractivity contribution in [2.75, 3.05) is 5.75 Å². The van der Waals surface area contributed by atoms with E-state index in [0.717, 1.165) is 21.6 Å². The second-order valence-corrected chi connectivity index (χ2v) is 7.43. The van der Waals surface area contributed by atoms with Gasteiger partial charge in [0.2, 0.25) is 5.91 Å². The number of carbonyl (C=O) groups is 1. The molecule has 0 aromatic heterocycles. The van der Waals surface area contributed by atoms with E-state index >= 15 is 0 Å². The van der Waals surface area contributed by atoms with Gasteiger partial charge in [-0.2, -0.15) is 8.78 Å². The van der Waals surface area contributed by atoms with Crippen molar-refractivity contribution in [1.82, 2.24) is 5.32 Å². The van der Waals surface area contributed by atoms with Crippen LogP contribution in [0.1, 0.15) is 22.7 Å². The average molecular weight is 413 g/mol. The fourth-order valence-corrected chi connectivity index (χ4v) is 3.75. The molecule has 1 N–H and O–H groups in total. The number of aryl methyl sites for hydroxylation is 1. The van der Waals surface area contributed by atoms with Gasteiger partial charge < -0.3 is 10.1 Å². The smallest absolute Gasteiger partial charge is 0.387 e. The topological polar surface area (TPSA) is 38.3 Å². The molecule has 6 heteroatoms. The van der Waals surface area contributed by atoms with Crippen LogP contribution < -0.4 is 10.1 Å². The van der Waals surface area contributed by atoms with Crippen molar-refractivity contribution in [2.24, 2.45) is 0 Å². The van der Waals surface area contributed by atoms with Crippen LogP contribution in [-0.4, -0.2) is 18.3 Å². The van der Waals surface area contributed by atoms with Crippen LogP contribution in [0.3, 0.4) is 0 Å². The molecule has 1 amide bonds. The van der Waals surface area contributed by atoms with E-state index in [1.807, 2.05) is 61.5 Å². The number of carbonyl (C=O) groups excluding carboxylic acids is 1. The molecule has 3 nitrogen and oxygen atoms in total. The Morgan fingerprint density at radius 2 is 1.55 bits per heavy atom. The summed E-state index contributed by atoms with van der Waals surface area (Å²) in [6.07, 6.45) is 0. The molecule has 0 aliphatic heterocycles. The van der Waals surface area contributed by atoms with Gasteiger partial charge in [-0.25, -0.2) is 0 Å². The predicted molar refractivity (Wildman–Crippen MR) is 111 cm³/mol. The fraction of sp³-hybridized carbons (Fsp3) is 0.174. The van der Waals surface area contributed by atoms with Crippen LogP contribution in [0.2, 0.25) is 0 Å². The summed E-state index contributed by atoms with van der Waals surface area (Å²) < 4.78 is 29.2. The summed E-state index contributed by atoms with van der Waals surface area (Å²) in [6, 6.07) is 23.4. The zero-order chi connectivity index (χ0) is 20.6. The number of rotatable bonds is 8. The SMILES string of the molecule is Cc1ccccc1SCC(=O)NC(c1ccccc1)c1ccc(OC(F)F)cc1. The van der Waals surface area contributed by atoms with E-state index in [1.165, 1.54) is 23.9 Å². The highest BCUT2D eigenvalue weighted by Gasteiger charge is 2.17. The molecule has 3 aromatic rings. The van der Waals surface area contributed by atoms with E-state index < -0.39 is 6.61 Å². The Labute approximate surface area is 173 Å². The van der Waals surface area contributed by atoms with Crippen molar-refractivity contribution < 1.29 is 18.3 Å². The molecule has 3 aromatic carbocycles. The van der Waals surface area contributed by atoms with Crippen molar-refractivity contribution in [2.45, 2.75) is 24.5 Å². The lowest BCUT2D eigenvalue weighted by Crippen LogP contribution is -2.30. The Morgan fingerprint density at radius 1 is 0.931 bits per heavy atom. The molecule has 150 valence electrons. The van der Waals surface area contributed by atoms with Crippen molar-refractivity contribution in [3.05, 3.63) is 95.6 Å². The summed E-state index contributed by atoms with van der Waals surface area (Å²) >= 11 is 1.48. The Bertz CT molecular complexity index is 933. The van der Waals surface area contributed by atoms with Crippen LogP contribution in [0.4, 0.5) is 8.78 Å². The van der Waals surface area contributed by atoms with E-state index in [9.17, 15) is 13.6 Å². The van der Waals surface area contributed by atoms with Crippen molar-refractivity contribution in [3.63, 3.8) is 0 Å². The molecule has 29 heavy (non-hydrogen) atoms. The van der Waals surface area contributed by atoms with Gasteiger partial charge in [-0.1, -0.05) is 60.7 Å². The number of hydrogen-bond donors (Lipinski definition) is 1. The van der Waals surface area contributed by atoms with Gasteiger partial charge in [0.05, 0.1) is 11.8 Å². The van der Waals surface area contributed by atoms with Gasteiger partial charge in [0.25, 0.3) is 0 Å². The van der Waals surface area contributed by atoms with E-state index in [4.69, 9.17) is 0 Å². The van der Waals surface area contributed by atoms with Crippen LogP contribution in [0, 0.1) is 6.92 Å². The first-order valence-corrected chi connectivity index (χ1v) is 10.1. The van der Waals surface area contributed by atoms with Crippen LogP contribution in [0.15, 0.2) is 83.8 Å². The first-order chi connectivity index (χ1) is 14.0. The molecule has 0 saturated heterocycles. The van der Waals surface area contributed by atoms with Crippen molar-refractivity contribution in [1.29, 1.82) is 0 Å². The predicted octanol–water partition coefficient (Wildman–Crippen LogP) is 5.59. The maximum absolute atomic E-state index is 12.6. The van der Waals surface area contributed by atoms with E-state index in [0.29, 0.717) is 0 Å². The zero-order valence-corrected chi connectivity index (χ0v) is 16.7. The third-order valence-corrected chi connectivity index (χ3v) is 5.50. The minimum atomic E-state index is -2.87. The first kappa shape index (κ1) is 20.9. The van der Waals surface area contributed by atoms with Crippen LogP contribution in [0.25, 0.3) is 0 Å². The molecule has 0 fully saturated rings. The minimum Gasteiger partial charge on any atom is -0.435 e. The molecular formula is C23H21F2NO2S. The quantitative estimate of drug-likeness (QED) is 0.489. The van der Waals surface area contributed by atoms with Crippen molar-refractivity contribution in [3.8, 4) is 5.75 Å². The van der Waals surface area contributed by atoms with Gasteiger partial charge in [-0.15, -0.1) is 11.8 Å². The van der Waals surface area contributed by atoms with E-state index in [-0.39, 0.29) is 23.5 Å². The van der Waals surface area contributed by atoms with Gasteiger partial charge in [0.15, 0.2) is 0 Å². The van der Waals surface area contributed by atoms with Gasteiger partial charge in [-0.05, 0) is 41.8 Å². The number of amides is 1. The molecule has 0 heterocycles. The summed E-state index contributed by atoms with van der Waals surface area (Å²) in [5, 5.41) is 3.05. The number of ether oxygens (including phenoxy) is 1. The average Bonchev–Trinajstić information content (AvgIpc) is 2.72. The maximum atomic E-state index is 12.6. The monoisotopic (exact) mass is 413 g/mol. The zero-order valence-electron chi connectivity index (χ0n) is 15.8. The Kier molecular flexibility index (Phi) is 7.25.